The molecule has 2 aromatic rings. The molecule has 1 aliphatic rings. The third kappa shape index (κ3) is 4.30. The zero-order valence-corrected chi connectivity index (χ0v) is 14.4. The van der Waals surface area contributed by atoms with Crippen LogP contribution in [0, 0.1) is 0 Å². The van der Waals surface area contributed by atoms with Gasteiger partial charge in [-0.05, 0) is 62.4 Å². The number of aromatic hydroxyl groups is 1. The van der Waals surface area contributed by atoms with Crippen LogP contribution in [0.15, 0.2) is 54.6 Å². The summed E-state index contributed by atoms with van der Waals surface area (Å²) < 4.78 is 5.80. The molecule has 0 atom stereocenters. The highest BCUT2D eigenvalue weighted by atomic mass is 16.5. The Morgan fingerprint density at radius 2 is 1.62 bits per heavy atom. The highest BCUT2D eigenvalue weighted by Crippen LogP contribution is 2.37. The Balaban J connectivity index is 1.43. The molecule has 0 radical (unpaired) electrons. The second kappa shape index (κ2) is 8.20. The van der Waals surface area contributed by atoms with Crippen LogP contribution in [0.1, 0.15) is 37.2 Å². The standard InChI is InChI=1S/C21H27NO2/c1-22(15-16-24-19-7-3-2-4-8-19)18-13-11-17(12-14-18)20-9-5-6-10-21(20)23/h2-10,17-18,23H,11-16H2,1H3. The Labute approximate surface area is 144 Å². The fourth-order valence-corrected chi connectivity index (χ4v) is 3.67. The Morgan fingerprint density at radius 1 is 0.958 bits per heavy atom. The second-order valence-corrected chi connectivity index (χ2v) is 6.71. The molecular weight excluding hydrogens is 298 g/mol. The molecule has 0 heterocycles. The van der Waals surface area contributed by atoms with Crippen LogP contribution in [0.5, 0.6) is 11.5 Å². The van der Waals surface area contributed by atoms with Crippen molar-refractivity contribution in [1.82, 2.24) is 4.90 Å². The fourth-order valence-electron chi connectivity index (χ4n) is 3.67. The average molecular weight is 325 g/mol. The van der Waals surface area contributed by atoms with E-state index in [9.17, 15) is 5.11 Å². The normalized spacial score (nSPS) is 20.9. The number of nitrogens with zero attached hydrogens (tertiary/aromatic N) is 1. The Hall–Kier alpha value is -2.00. The molecule has 1 saturated carbocycles. The zero-order chi connectivity index (χ0) is 16.8. The molecule has 3 rings (SSSR count). The molecule has 2 aromatic carbocycles. The molecule has 3 nitrogen and oxygen atoms in total. The minimum absolute atomic E-state index is 0.450. The second-order valence-electron chi connectivity index (χ2n) is 6.71. The number of benzene rings is 2. The molecule has 0 aromatic heterocycles. The number of para-hydroxylation sites is 2. The lowest BCUT2D eigenvalue weighted by Crippen LogP contribution is -2.37. The number of phenols is 1. The van der Waals surface area contributed by atoms with Gasteiger partial charge < -0.3 is 14.7 Å². The Bertz CT molecular complexity index is 621. The summed E-state index contributed by atoms with van der Waals surface area (Å²) in [5, 5.41) is 10.0. The third-order valence-electron chi connectivity index (χ3n) is 5.15. The molecule has 3 heteroatoms. The first-order valence-electron chi connectivity index (χ1n) is 8.90. The number of hydrogen-bond acceptors (Lipinski definition) is 3. The number of hydrogen-bond donors (Lipinski definition) is 1. The van der Waals surface area contributed by atoms with E-state index in [2.05, 4.69) is 18.0 Å². The molecular formula is C21H27NO2. The van der Waals surface area contributed by atoms with Crippen molar-refractivity contribution in [2.45, 2.75) is 37.6 Å². The predicted molar refractivity (Wildman–Crippen MR) is 97.7 cm³/mol. The maximum Gasteiger partial charge on any atom is 0.119 e. The summed E-state index contributed by atoms with van der Waals surface area (Å²) in [4.78, 5) is 2.42. The van der Waals surface area contributed by atoms with Crippen molar-refractivity contribution >= 4 is 0 Å². The van der Waals surface area contributed by atoms with Gasteiger partial charge in [0.1, 0.15) is 18.1 Å². The van der Waals surface area contributed by atoms with Crippen molar-refractivity contribution in [2.24, 2.45) is 0 Å². The SMILES string of the molecule is CN(CCOc1ccccc1)C1CCC(c2ccccc2O)CC1. The van der Waals surface area contributed by atoms with E-state index in [-0.39, 0.29) is 0 Å². The number of ether oxygens (including phenoxy) is 1. The zero-order valence-electron chi connectivity index (χ0n) is 14.4. The van der Waals surface area contributed by atoms with Gasteiger partial charge in [0.25, 0.3) is 0 Å². The van der Waals surface area contributed by atoms with Gasteiger partial charge in [0.05, 0.1) is 0 Å². The van der Waals surface area contributed by atoms with Crippen molar-refractivity contribution in [3.63, 3.8) is 0 Å². The molecule has 128 valence electrons. The van der Waals surface area contributed by atoms with E-state index in [1.165, 1.54) is 12.8 Å². The van der Waals surface area contributed by atoms with Crippen LogP contribution in [0.2, 0.25) is 0 Å². The first kappa shape index (κ1) is 16.8. The minimum atomic E-state index is 0.450. The topological polar surface area (TPSA) is 32.7 Å². The third-order valence-corrected chi connectivity index (χ3v) is 5.15. The molecule has 0 bridgehead atoms. The molecule has 1 fully saturated rings. The lowest BCUT2D eigenvalue weighted by molar-refractivity contribution is 0.153. The van der Waals surface area contributed by atoms with E-state index in [4.69, 9.17) is 4.74 Å². The maximum atomic E-state index is 10.0. The number of likely N-dealkylation sites (N-methyl/N-ethyl adjacent to an activating group) is 1. The summed E-state index contributed by atoms with van der Waals surface area (Å²) in [7, 11) is 2.19. The van der Waals surface area contributed by atoms with Crippen LogP contribution in [0.4, 0.5) is 0 Å². The van der Waals surface area contributed by atoms with E-state index in [0.29, 0.717) is 17.7 Å². The van der Waals surface area contributed by atoms with Crippen LogP contribution in [-0.2, 0) is 0 Å². The van der Waals surface area contributed by atoms with Gasteiger partial charge in [-0.1, -0.05) is 36.4 Å². The van der Waals surface area contributed by atoms with Gasteiger partial charge in [-0.2, -0.15) is 0 Å². The van der Waals surface area contributed by atoms with Crippen LogP contribution in [-0.4, -0.2) is 36.2 Å². The molecule has 1 N–H and O–H groups in total. The summed E-state index contributed by atoms with van der Waals surface area (Å²) in [6.07, 6.45) is 4.65. The van der Waals surface area contributed by atoms with Gasteiger partial charge in [-0.3, -0.25) is 0 Å². The first-order chi connectivity index (χ1) is 11.7. The maximum absolute atomic E-state index is 10.0. The Morgan fingerprint density at radius 3 is 2.33 bits per heavy atom. The van der Waals surface area contributed by atoms with Crippen LogP contribution in [0.3, 0.4) is 0 Å². The van der Waals surface area contributed by atoms with Crippen molar-refractivity contribution < 1.29 is 9.84 Å². The van der Waals surface area contributed by atoms with E-state index in [1.807, 2.05) is 42.5 Å². The van der Waals surface area contributed by atoms with Gasteiger partial charge in [0.15, 0.2) is 0 Å². The monoisotopic (exact) mass is 325 g/mol. The summed E-state index contributed by atoms with van der Waals surface area (Å²) in [5.74, 6) is 1.89. The molecule has 1 aliphatic carbocycles. The average Bonchev–Trinajstić information content (AvgIpc) is 2.63. The van der Waals surface area contributed by atoms with Gasteiger partial charge in [-0.25, -0.2) is 0 Å². The van der Waals surface area contributed by atoms with Crippen molar-refractivity contribution in [1.29, 1.82) is 0 Å². The van der Waals surface area contributed by atoms with Crippen molar-refractivity contribution in [2.75, 3.05) is 20.2 Å². The quantitative estimate of drug-likeness (QED) is 0.853. The Kier molecular flexibility index (Phi) is 5.76. The summed E-state index contributed by atoms with van der Waals surface area (Å²) in [5.41, 5.74) is 1.12. The van der Waals surface area contributed by atoms with E-state index in [1.54, 1.807) is 6.07 Å². The highest BCUT2D eigenvalue weighted by molar-refractivity contribution is 5.35. The summed E-state index contributed by atoms with van der Waals surface area (Å²) in [6, 6.07) is 18.4. The minimum Gasteiger partial charge on any atom is -0.508 e. The fraction of sp³-hybridized carbons (Fsp3) is 0.429. The number of rotatable bonds is 6. The van der Waals surface area contributed by atoms with Crippen LogP contribution >= 0.6 is 0 Å². The molecule has 0 unspecified atom stereocenters. The van der Waals surface area contributed by atoms with Crippen LogP contribution in [0.25, 0.3) is 0 Å². The molecule has 0 saturated heterocycles. The molecule has 24 heavy (non-hydrogen) atoms. The van der Waals surface area contributed by atoms with Gasteiger partial charge in [0, 0.05) is 12.6 Å². The summed E-state index contributed by atoms with van der Waals surface area (Å²) >= 11 is 0. The van der Waals surface area contributed by atoms with Crippen molar-refractivity contribution in [3.8, 4) is 11.5 Å². The molecule has 0 amide bonds. The van der Waals surface area contributed by atoms with E-state index < -0.39 is 0 Å². The van der Waals surface area contributed by atoms with Gasteiger partial charge in [-0.15, -0.1) is 0 Å². The molecule has 0 spiro atoms. The van der Waals surface area contributed by atoms with E-state index >= 15 is 0 Å². The summed E-state index contributed by atoms with van der Waals surface area (Å²) in [6.45, 7) is 1.67. The largest absolute Gasteiger partial charge is 0.508 e. The number of phenolic OH excluding ortho intramolecular Hbond substituents is 1. The highest BCUT2D eigenvalue weighted by Gasteiger charge is 2.26. The van der Waals surface area contributed by atoms with Gasteiger partial charge in [0.2, 0.25) is 0 Å². The lowest BCUT2D eigenvalue weighted by Gasteiger charge is -2.35. The predicted octanol–water partition coefficient (Wildman–Crippen LogP) is 4.43. The van der Waals surface area contributed by atoms with Gasteiger partial charge >= 0.3 is 0 Å². The first-order valence-corrected chi connectivity index (χ1v) is 8.90. The van der Waals surface area contributed by atoms with Crippen molar-refractivity contribution in [3.05, 3.63) is 60.2 Å². The van der Waals surface area contributed by atoms with Crippen LogP contribution < -0.4 is 4.74 Å². The lowest BCUT2D eigenvalue weighted by atomic mass is 9.81. The van der Waals surface area contributed by atoms with E-state index in [0.717, 1.165) is 37.3 Å². The smallest absolute Gasteiger partial charge is 0.119 e. The molecule has 0 aliphatic heterocycles.